The normalized spacial score (nSPS) is 11.9. The minimum atomic E-state index is -4.01. The first-order valence-electron chi connectivity index (χ1n) is 8.61. The molecule has 0 radical (unpaired) electrons. The van der Waals surface area contributed by atoms with Crippen molar-refractivity contribution in [2.24, 2.45) is 0 Å². The predicted octanol–water partition coefficient (Wildman–Crippen LogP) is 3.66. The lowest BCUT2D eigenvalue weighted by molar-refractivity contribution is 0.0692. The number of benzene rings is 2. The highest BCUT2D eigenvalue weighted by Crippen LogP contribution is 2.28. The van der Waals surface area contributed by atoms with E-state index in [1.807, 2.05) is 24.3 Å². The van der Waals surface area contributed by atoms with Crippen LogP contribution in [0.5, 0.6) is 0 Å². The van der Waals surface area contributed by atoms with Crippen LogP contribution in [0, 0.1) is 0 Å². The van der Waals surface area contributed by atoms with Gasteiger partial charge >= 0.3 is 5.97 Å². The van der Waals surface area contributed by atoms with Crippen LogP contribution in [0.15, 0.2) is 76.7 Å². The fraction of sp³-hybridized carbons (Fsp3) is 0. The van der Waals surface area contributed by atoms with E-state index in [1.165, 1.54) is 36.4 Å². The summed E-state index contributed by atoms with van der Waals surface area (Å²) in [5.74, 6) is -1.30. The first-order valence-corrected chi connectivity index (χ1v) is 10.1. The molecule has 144 valence electrons. The van der Waals surface area contributed by atoms with E-state index in [0.717, 1.165) is 11.1 Å². The van der Waals surface area contributed by atoms with Crippen LogP contribution in [0.3, 0.4) is 0 Å². The maximum Gasteiger partial charge on any atom is 0.337 e. The molecular formula is C21H15N3O4S. The van der Waals surface area contributed by atoms with Crippen LogP contribution in [0.2, 0.25) is 0 Å². The zero-order valence-corrected chi connectivity index (χ0v) is 15.8. The van der Waals surface area contributed by atoms with Crippen LogP contribution in [0.1, 0.15) is 21.7 Å². The number of H-pyrrole nitrogens is 1. The van der Waals surface area contributed by atoms with Gasteiger partial charge < -0.3 is 5.11 Å². The van der Waals surface area contributed by atoms with Crippen molar-refractivity contribution in [2.45, 2.75) is 9.79 Å². The number of aromatic nitrogens is 3. The highest BCUT2D eigenvalue weighted by atomic mass is 32.2. The molecule has 0 amide bonds. The number of aromatic amines is 1. The van der Waals surface area contributed by atoms with E-state index < -0.39 is 15.8 Å². The van der Waals surface area contributed by atoms with Crippen LogP contribution < -0.4 is 0 Å². The molecule has 8 heteroatoms. The van der Waals surface area contributed by atoms with Gasteiger partial charge in [-0.15, -0.1) is 0 Å². The van der Waals surface area contributed by atoms with Crippen molar-refractivity contribution in [3.63, 3.8) is 0 Å². The van der Waals surface area contributed by atoms with Gasteiger partial charge in [0.1, 0.15) is 0 Å². The molecule has 29 heavy (non-hydrogen) atoms. The molecule has 2 aromatic heterocycles. The standard InChI is InChI=1S/C21H15N3O4S/c25-21(26)17-6-1-2-7-20(17)29(27,28)15-9-10-16-18(23-24-19(16)13-15)11-8-14-5-3-4-12-22-14/h1-13H,(H,23,24)(H,25,26). The highest BCUT2D eigenvalue weighted by Gasteiger charge is 2.24. The van der Waals surface area contributed by atoms with E-state index in [-0.39, 0.29) is 15.4 Å². The minimum absolute atomic E-state index is 0.0115. The van der Waals surface area contributed by atoms with Gasteiger partial charge in [-0.2, -0.15) is 5.10 Å². The Bertz CT molecular complexity index is 1340. The number of fused-ring (bicyclic) bond motifs is 1. The van der Waals surface area contributed by atoms with E-state index in [0.29, 0.717) is 11.2 Å². The average Bonchev–Trinajstić information content (AvgIpc) is 3.15. The van der Waals surface area contributed by atoms with Gasteiger partial charge in [-0.25, -0.2) is 13.2 Å². The summed E-state index contributed by atoms with van der Waals surface area (Å²) in [5.41, 5.74) is 1.67. The molecule has 2 aromatic carbocycles. The number of carboxylic acids is 1. The van der Waals surface area contributed by atoms with E-state index in [2.05, 4.69) is 15.2 Å². The number of hydrogen-bond donors (Lipinski definition) is 2. The van der Waals surface area contributed by atoms with Gasteiger partial charge in [0, 0.05) is 11.6 Å². The molecule has 2 heterocycles. The Hall–Kier alpha value is -3.78. The largest absolute Gasteiger partial charge is 0.478 e. The topological polar surface area (TPSA) is 113 Å². The Morgan fingerprint density at radius 3 is 2.55 bits per heavy atom. The van der Waals surface area contributed by atoms with Crippen molar-refractivity contribution < 1.29 is 18.3 Å². The second kappa shape index (κ2) is 7.33. The van der Waals surface area contributed by atoms with E-state index in [1.54, 1.807) is 18.3 Å². The molecule has 0 atom stereocenters. The Labute approximate surface area is 166 Å². The smallest absolute Gasteiger partial charge is 0.337 e. The summed E-state index contributed by atoms with van der Waals surface area (Å²) in [6, 6.07) is 15.6. The van der Waals surface area contributed by atoms with Crippen molar-refractivity contribution in [2.75, 3.05) is 0 Å². The number of carboxylic acid groups (broad SMARTS) is 1. The third-order valence-electron chi connectivity index (χ3n) is 4.38. The number of sulfone groups is 1. The Kier molecular flexibility index (Phi) is 4.69. The molecule has 0 fully saturated rings. The predicted molar refractivity (Wildman–Crippen MR) is 108 cm³/mol. The van der Waals surface area contributed by atoms with Crippen molar-refractivity contribution in [3.05, 3.63) is 83.8 Å². The molecule has 0 aliphatic rings. The number of nitrogens with one attached hydrogen (secondary N) is 1. The lowest BCUT2D eigenvalue weighted by atomic mass is 10.2. The maximum absolute atomic E-state index is 13.0. The first kappa shape index (κ1) is 18.6. The zero-order valence-electron chi connectivity index (χ0n) is 15.0. The molecule has 0 bridgehead atoms. The van der Waals surface area contributed by atoms with Crippen molar-refractivity contribution in [3.8, 4) is 0 Å². The van der Waals surface area contributed by atoms with Crippen LogP contribution in [-0.4, -0.2) is 34.7 Å². The summed E-state index contributed by atoms with van der Waals surface area (Å²) >= 11 is 0. The summed E-state index contributed by atoms with van der Waals surface area (Å²) in [6.07, 6.45) is 5.28. The molecule has 2 N–H and O–H groups in total. The molecule has 4 rings (SSSR count). The minimum Gasteiger partial charge on any atom is -0.478 e. The highest BCUT2D eigenvalue weighted by molar-refractivity contribution is 7.91. The Morgan fingerprint density at radius 2 is 1.79 bits per heavy atom. The van der Waals surface area contributed by atoms with Crippen molar-refractivity contribution in [1.82, 2.24) is 15.2 Å². The number of rotatable bonds is 5. The molecule has 7 nitrogen and oxygen atoms in total. The summed E-state index contributed by atoms with van der Waals surface area (Å²) in [4.78, 5) is 15.4. The Morgan fingerprint density at radius 1 is 1.00 bits per heavy atom. The van der Waals surface area contributed by atoms with E-state index in [4.69, 9.17) is 0 Å². The van der Waals surface area contributed by atoms with Crippen LogP contribution >= 0.6 is 0 Å². The lowest BCUT2D eigenvalue weighted by Gasteiger charge is -2.08. The summed E-state index contributed by atoms with van der Waals surface area (Å²) in [5, 5.41) is 17.1. The first-order chi connectivity index (χ1) is 14.0. The second-order valence-electron chi connectivity index (χ2n) is 6.21. The van der Waals surface area contributed by atoms with Gasteiger partial charge in [0.05, 0.1) is 32.3 Å². The molecule has 0 aliphatic carbocycles. The summed E-state index contributed by atoms with van der Waals surface area (Å²) < 4.78 is 26.0. The molecule has 0 spiro atoms. The van der Waals surface area contributed by atoms with Crippen molar-refractivity contribution in [1.29, 1.82) is 0 Å². The molecule has 0 saturated heterocycles. The van der Waals surface area contributed by atoms with Gasteiger partial charge in [0.15, 0.2) is 0 Å². The van der Waals surface area contributed by atoms with Crippen molar-refractivity contribution >= 4 is 38.9 Å². The summed E-state index contributed by atoms with van der Waals surface area (Å²) in [6.45, 7) is 0. The number of carbonyl (C=O) groups is 1. The number of pyridine rings is 1. The van der Waals surface area contributed by atoms with Gasteiger partial charge in [-0.05, 0) is 54.6 Å². The van der Waals surface area contributed by atoms with Gasteiger partial charge in [-0.3, -0.25) is 10.1 Å². The summed E-state index contributed by atoms with van der Waals surface area (Å²) in [7, 11) is -4.01. The molecule has 0 saturated carbocycles. The average molecular weight is 405 g/mol. The van der Waals surface area contributed by atoms with E-state index >= 15 is 0 Å². The SMILES string of the molecule is O=C(O)c1ccccc1S(=O)(=O)c1ccc2c(C=Cc3ccccn3)n[nH]c2c1. The van der Waals surface area contributed by atoms with Crippen LogP contribution in [0.4, 0.5) is 0 Å². The van der Waals surface area contributed by atoms with Crippen LogP contribution in [-0.2, 0) is 9.84 Å². The molecular weight excluding hydrogens is 390 g/mol. The third-order valence-corrected chi connectivity index (χ3v) is 6.19. The molecule has 4 aromatic rings. The second-order valence-corrected chi connectivity index (χ2v) is 8.13. The molecule has 0 unspecified atom stereocenters. The zero-order chi connectivity index (χ0) is 20.4. The maximum atomic E-state index is 13.0. The number of nitrogens with zero attached hydrogens (tertiary/aromatic N) is 2. The van der Waals surface area contributed by atoms with E-state index in [9.17, 15) is 18.3 Å². The van der Waals surface area contributed by atoms with Gasteiger partial charge in [0.25, 0.3) is 0 Å². The number of aromatic carboxylic acids is 1. The number of hydrogen-bond acceptors (Lipinski definition) is 5. The van der Waals surface area contributed by atoms with Crippen LogP contribution in [0.25, 0.3) is 23.1 Å². The van der Waals surface area contributed by atoms with Gasteiger partial charge in [-0.1, -0.05) is 18.2 Å². The fourth-order valence-corrected chi connectivity index (χ4v) is 4.43. The fourth-order valence-electron chi connectivity index (χ4n) is 2.96. The molecule has 0 aliphatic heterocycles. The quantitative estimate of drug-likeness (QED) is 0.524. The lowest BCUT2D eigenvalue weighted by Crippen LogP contribution is -2.09. The van der Waals surface area contributed by atoms with Gasteiger partial charge in [0.2, 0.25) is 9.84 Å². The Balaban J connectivity index is 1.74. The third kappa shape index (κ3) is 3.53. The monoisotopic (exact) mass is 405 g/mol.